The van der Waals surface area contributed by atoms with Gasteiger partial charge in [0.2, 0.25) is 5.91 Å². The summed E-state index contributed by atoms with van der Waals surface area (Å²) in [5.74, 6) is 0.103. The first-order valence-corrected chi connectivity index (χ1v) is 6.04. The van der Waals surface area contributed by atoms with Crippen LogP contribution < -0.4 is 5.32 Å². The van der Waals surface area contributed by atoms with Crippen LogP contribution in [0.5, 0.6) is 0 Å². The molecule has 0 saturated carbocycles. The third-order valence-corrected chi connectivity index (χ3v) is 3.86. The van der Waals surface area contributed by atoms with Crippen molar-refractivity contribution in [1.82, 2.24) is 10.2 Å². The van der Waals surface area contributed by atoms with E-state index in [2.05, 4.69) is 5.32 Å². The molecule has 0 bridgehead atoms. The lowest BCUT2D eigenvalue weighted by atomic mass is 9.90. The van der Waals surface area contributed by atoms with Crippen molar-refractivity contribution in [1.29, 1.82) is 0 Å². The number of rotatable bonds is 4. The van der Waals surface area contributed by atoms with Gasteiger partial charge in [-0.15, -0.1) is 0 Å². The van der Waals surface area contributed by atoms with Gasteiger partial charge in [0.1, 0.15) is 0 Å². The van der Waals surface area contributed by atoms with E-state index >= 15 is 0 Å². The van der Waals surface area contributed by atoms with Gasteiger partial charge in [-0.2, -0.15) is 0 Å². The van der Waals surface area contributed by atoms with Crippen molar-refractivity contribution in [2.24, 2.45) is 0 Å². The van der Waals surface area contributed by atoms with E-state index in [4.69, 9.17) is 0 Å². The maximum absolute atomic E-state index is 12.5. The molecule has 4 nitrogen and oxygen atoms in total. The number of carbonyl (C=O) groups excluding carboxylic acids is 1. The van der Waals surface area contributed by atoms with Gasteiger partial charge in [0.05, 0.1) is 17.7 Å². The van der Waals surface area contributed by atoms with Crippen LogP contribution >= 0.6 is 0 Å². The fourth-order valence-electron chi connectivity index (χ4n) is 2.14. The fourth-order valence-corrected chi connectivity index (χ4v) is 2.14. The first kappa shape index (κ1) is 13.5. The highest BCUT2D eigenvalue weighted by molar-refractivity contribution is 5.87. The van der Waals surface area contributed by atoms with E-state index in [1.165, 1.54) is 0 Å². The lowest BCUT2D eigenvalue weighted by Crippen LogP contribution is -2.59. The second kappa shape index (κ2) is 4.72. The maximum Gasteiger partial charge on any atom is 0.243 e. The van der Waals surface area contributed by atoms with Crippen molar-refractivity contribution in [3.63, 3.8) is 0 Å². The summed E-state index contributed by atoms with van der Waals surface area (Å²) < 4.78 is 0. The average molecular weight is 228 g/mol. The molecule has 2 N–H and O–H groups in total. The van der Waals surface area contributed by atoms with Crippen LogP contribution in [-0.4, -0.2) is 47.2 Å². The molecule has 1 rings (SSSR count). The van der Waals surface area contributed by atoms with Gasteiger partial charge >= 0.3 is 0 Å². The Morgan fingerprint density at radius 3 is 2.56 bits per heavy atom. The van der Waals surface area contributed by atoms with E-state index in [0.717, 1.165) is 25.8 Å². The largest absolute Gasteiger partial charge is 0.394 e. The van der Waals surface area contributed by atoms with E-state index in [9.17, 15) is 9.90 Å². The van der Waals surface area contributed by atoms with Crippen LogP contribution in [-0.2, 0) is 4.79 Å². The molecule has 1 atom stereocenters. The standard InChI is InChI=1S/C12H24N2O2/c1-5-12(7-6-8-13-12)10(16)14(4)11(2,3)9-15/h13,15H,5-9H2,1-4H3. The average Bonchev–Trinajstić information content (AvgIpc) is 2.76. The molecule has 0 aromatic rings. The van der Waals surface area contributed by atoms with E-state index in [1.54, 1.807) is 11.9 Å². The van der Waals surface area contributed by atoms with Crippen molar-refractivity contribution >= 4 is 5.91 Å². The summed E-state index contributed by atoms with van der Waals surface area (Å²) in [6.07, 6.45) is 2.75. The first-order chi connectivity index (χ1) is 7.39. The summed E-state index contributed by atoms with van der Waals surface area (Å²) in [5, 5.41) is 12.6. The minimum atomic E-state index is -0.497. The molecule has 0 aliphatic carbocycles. The van der Waals surface area contributed by atoms with Crippen LogP contribution in [0.2, 0.25) is 0 Å². The molecular formula is C12H24N2O2. The number of nitrogens with zero attached hydrogens (tertiary/aromatic N) is 1. The molecular weight excluding hydrogens is 204 g/mol. The third-order valence-electron chi connectivity index (χ3n) is 3.86. The Labute approximate surface area is 98.0 Å². The summed E-state index contributed by atoms with van der Waals surface area (Å²) in [4.78, 5) is 14.1. The van der Waals surface area contributed by atoms with E-state index in [-0.39, 0.29) is 12.5 Å². The van der Waals surface area contributed by atoms with Gasteiger partial charge in [0.15, 0.2) is 0 Å². The Kier molecular flexibility index (Phi) is 3.97. The Balaban J connectivity index is 2.84. The molecule has 0 spiro atoms. The van der Waals surface area contributed by atoms with Crippen molar-refractivity contribution in [3.8, 4) is 0 Å². The quantitative estimate of drug-likeness (QED) is 0.746. The molecule has 4 heteroatoms. The third kappa shape index (κ3) is 2.23. The zero-order chi connectivity index (χ0) is 12.4. The summed E-state index contributed by atoms with van der Waals surface area (Å²) >= 11 is 0. The summed E-state index contributed by atoms with van der Waals surface area (Å²) in [7, 11) is 1.77. The molecule has 94 valence electrons. The number of nitrogens with one attached hydrogen (secondary N) is 1. The van der Waals surface area contributed by atoms with Gasteiger partial charge in [0.25, 0.3) is 0 Å². The normalized spacial score (nSPS) is 25.8. The highest BCUT2D eigenvalue weighted by Crippen LogP contribution is 2.27. The molecule has 0 aromatic heterocycles. The van der Waals surface area contributed by atoms with Crippen LogP contribution in [0.15, 0.2) is 0 Å². The molecule has 1 fully saturated rings. The highest BCUT2D eigenvalue weighted by Gasteiger charge is 2.43. The Bertz CT molecular complexity index is 258. The van der Waals surface area contributed by atoms with Crippen molar-refractivity contribution in [2.75, 3.05) is 20.2 Å². The molecule has 1 heterocycles. The van der Waals surface area contributed by atoms with E-state index < -0.39 is 11.1 Å². The lowest BCUT2D eigenvalue weighted by molar-refractivity contribution is -0.143. The van der Waals surface area contributed by atoms with Crippen molar-refractivity contribution in [2.45, 2.75) is 51.1 Å². The molecule has 1 aliphatic rings. The van der Waals surface area contributed by atoms with Crippen LogP contribution in [0.1, 0.15) is 40.0 Å². The smallest absolute Gasteiger partial charge is 0.243 e. The number of amides is 1. The minimum absolute atomic E-state index is 0.0188. The summed E-state index contributed by atoms with van der Waals surface area (Å²) in [6, 6.07) is 0. The number of hydrogen-bond donors (Lipinski definition) is 2. The zero-order valence-corrected chi connectivity index (χ0v) is 10.8. The molecule has 1 amide bonds. The number of hydrogen-bond acceptors (Lipinski definition) is 3. The molecule has 1 aliphatic heterocycles. The van der Waals surface area contributed by atoms with Gasteiger partial charge in [0, 0.05) is 7.05 Å². The van der Waals surface area contributed by atoms with Crippen molar-refractivity contribution in [3.05, 3.63) is 0 Å². The molecule has 1 unspecified atom stereocenters. The summed E-state index contributed by atoms with van der Waals surface area (Å²) in [5.41, 5.74) is -0.898. The predicted molar refractivity (Wildman–Crippen MR) is 64.2 cm³/mol. The maximum atomic E-state index is 12.5. The molecule has 0 radical (unpaired) electrons. The second-order valence-corrected chi connectivity index (χ2v) is 5.30. The van der Waals surface area contributed by atoms with Crippen molar-refractivity contribution < 1.29 is 9.90 Å². The van der Waals surface area contributed by atoms with Gasteiger partial charge in [-0.3, -0.25) is 4.79 Å². The number of aliphatic hydroxyl groups excluding tert-OH is 1. The van der Waals surface area contributed by atoms with E-state index in [0.29, 0.717) is 0 Å². The molecule has 0 aromatic carbocycles. The van der Waals surface area contributed by atoms with Gasteiger partial charge < -0.3 is 15.3 Å². The Hall–Kier alpha value is -0.610. The SMILES string of the molecule is CCC1(C(=O)N(C)C(C)(C)CO)CCCN1. The van der Waals surface area contributed by atoms with Crippen LogP contribution in [0.3, 0.4) is 0 Å². The van der Waals surface area contributed by atoms with Crippen LogP contribution in [0.25, 0.3) is 0 Å². The highest BCUT2D eigenvalue weighted by atomic mass is 16.3. The van der Waals surface area contributed by atoms with Gasteiger partial charge in [-0.25, -0.2) is 0 Å². The van der Waals surface area contributed by atoms with Crippen LogP contribution in [0, 0.1) is 0 Å². The van der Waals surface area contributed by atoms with Crippen LogP contribution in [0.4, 0.5) is 0 Å². The lowest BCUT2D eigenvalue weighted by Gasteiger charge is -2.40. The minimum Gasteiger partial charge on any atom is -0.394 e. The second-order valence-electron chi connectivity index (χ2n) is 5.30. The summed E-state index contributed by atoms with van der Waals surface area (Å²) in [6.45, 7) is 6.68. The molecule has 16 heavy (non-hydrogen) atoms. The predicted octanol–water partition coefficient (Wildman–Crippen LogP) is 0.748. The topological polar surface area (TPSA) is 52.6 Å². The number of likely N-dealkylation sites (N-methyl/N-ethyl adjacent to an activating group) is 1. The fraction of sp³-hybridized carbons (Fsp3) is 0.917. The monoisotopic (exact) mass is 228 g/mol. The van der Waals surface area contributed by atoms with E-state index in [1.807, 2.05) is 20.8 Å². The molecule has 1 saturated heterocycles. The number of carbonyl (C=O) groups is 1. The first-order valence-electron chi connectivity index (χ1n) is 6.04. The Morgan fingerprint density at radius 1 is 1.56 bits per heavy atom. The van der Waals surface area contributed by atoms with Gasteiger partial charge in [-0.1, -0.05) is 6.92 Å². The van der Waals surface area contributed by atoms with Gasteiger partial charge in [-0.05, 0) is 39.7 Å². The Morgan fingerprint density at radius 2 is 2.19 bits per heavy atom. The zero-order valence-electron chi connectivity index (χ0n) is 10.8. The number of aliphatic hydroxyl groups is 1.